The van der Waals surface area contributed by atoms with Crippen LogP contribution < -0.4 is 0 Å². The molecule has 0 spiro atoms. The van der Waals surface area contributed by atoms with Gasteiger partial charge in [-0.15, -0.1) is 15.0 Å². The van der Waals surface area contributed by atoms with Crippen molar-refractivity contribution < 1.29 is 0 Å². The smallest absolute Gasteiger partial charge is 0.113 e. The summed E-state index contributed by atoms with van der Waals surface area (Å²) in [6.07, 6.45) is 0. The van der Waals surface area contributed by atoms with Crippen molar-refractivity contribution in [2.45, 2.75) is 0 Å². The van der Waals surface area contributed by atoms with Crippen molar-refractivity contribution in [3.05, 3.63) is 164 Å². The summed E-state index contributed by atoms with van der Waals surface area (Å²) in [5, 5.41) is 11.9. The Morgan fingerprint density at radius 1 is 0.362 bits per heavy atom. The zero-order valence-corrected chi connectivity index (χ0v) is 25.3. The van der Waals surface area contributed by atoms with E-state index in [1.807, 2.05) is 54.6 Å². The normalized spacial score (nSPS) is 11.4. The molecule has 220 valence electrons. The molecule has 0 fully saturated rings. The maximum atomic E-state index is 5.35. The third-order valence-corrected chi connectivity index (χ3v) is 8.67. The van der Waals surface area contributed by atoms with Gasteiger partial charge in [-0.25, -0.2) is 9.97 Å². The lowest BCUT2D eigenvalue weighted by Gasteiger charge is -2.17. The monoisotopic (exact) mass is 601 g/mol. The molecule has 47 heavy (non-hydrogen) atoms. The molecule has 0 amide bonds. The van der Waals surface area contributed by atoms with Crippen LogP contribution in [0.5, 0.6) is 0 Å². The van der Waals surface area contributed by atoms with Gasteiger partial charge in [-0.05, 0) is 58.7 Å². The number of nitrogens with zero attached hydrogens (tertiary/aromatic N) is 5. The Bertz CT molecular complexity index is 2520. The molecule has 5 nitrogen and oxygen atoms in total. The van der Waals surface area contributed by atoms with Gasteiger partial charge in [0.15, 0.2) is 0 Å². The minimum atomic E-state index is 0.824. The Balaban J connectivity index is 1.33. The van der Waals surface area contributed by atoms with Crippen molar-refractivity contribution in [2.24, 2.45) is 0 Å². The molecule has 0 atom stereocenters. The van der Waals surface area contributed by atoms with E-state index >= 15 is 0 Å². The highest BCUT2D eigenvalue weighted by molar-refractivity contribution is 6.04. The number of rotatable bonds is 5. The van der Waals surface area contributed by atoms with Crippen molar-refractivity contribution >= 4 is 32.8 Å². The summed E-state index contributed by atoms with van der Waals surface area (Å²) in [4.78, 5) is 12.3. The number of aromatic nitrogens is 5. The first-order chi connectivity index (χ1) is 23.3. The van der Waals surface area contributed by atoms with Crippen molar-refractivity contribution in [1.82, 2.24) is 25.0 Å². The highest BCUT2D eigenvalue weighted by atomic mass is 15.5. The summed E-state index contributed by atoms with van der Waals surface area (Å²) in [5.74, 6) is 0. The zero-order chi connectivity index (χ0) is 31.2. The first-order valence-corrected chi connectivity index (χ1v) is 15.7. The maximum absolute atomic E-state index is 5.35. The number of hydrogen-bond acceptors (Lipinski definition) is 4. The first-order valence-electron chi connectivity index (χ1n) is 15.7. The molecule has 0 aliphatic rings. The van der Waals surface area contributed by atoms with Crippen LogP contribution in [0, 0.1) is 0 Å². The second kappa shape index (κ2) is 11.2. The molecule has 0 aliphatic heterocycles. The summed E-state index contributed by atoms with van der Waals surface area (Å²) >= 11 is 0. The van der Waals surface area contributed by atoms with Gasteiger partial charge < -0.3 is 0 Å². The van der Waals surface area contributed by atoms with Gasteiger partial charge in [-0.2, -0.15) is 0 Å². The second-order valence-corrected chi connectivity index (χ2v) is 11.6. The highest BCUT2D eigenvalue weighted by Gasteiger charge is 2.19. The minimum absolute atomic E-state index is 0.824. The fraction of sp³-hybridized carbons (Fsp3) is 0. The Morgan fingerprint density at radius 2 is 0.809 bits per heavy atom. The van der Waals surface area contributed by atoms with E-state index in [-0.39, 0.29) is 0 Å². The van der Waals surface area contributed by atoms with Crippen molar-refractivity contribution in [2.75, 3.05) is 0 Å². The van der Waals surface area contributed by atoms with E-state index in [1.165, 1.54) is 0 Å². The third kappa shape index (κ3) is 4.82. The van der Waals surface area contributed by atoms with E-state index in [2.05, 4.69) is 109 Å². The summed E-state index contributed by atoms with van der Waals surface area (Å²) in [7, 11) is 0. The summed E-state index contributed by atoms with van der Waals surface area (Å²) < 4.78 is 0. The lowest BCUT2D eigenvalue weighted by molar-refractivity contribution is 0.767. The Morgan fingerprint density at radius 3 is 1.38 bits per heavy atom. The van der Waals surface area contributed by atoms with Gasteiger partial charge in [0.1, 0.15) is 11.0 Å². The molecule has 3 heterocycles. The van der Waals surface area contributed by atoms with E-state index < -0.39 is 0 Å². The van der Waals surface area contributed by atoms with Crippen LogP contribution in [0.25, 0.3) is 83.3 Å². The van der Waals surface area contributed by atoms with Gasteiger partial charge in [0.25, 0.3) is 0 Å². The molecule has 5 heteroatoms. The first kappa shape index (κ1) is 26.9. The molecule has 0 bridgehead atoms. The number of hydrogen-bond donors (Lipinski definition) is 0. The lowest BCUT2D eigenvalue weighted by atomic mass is 9.91. The van der Waals surface area contributed by atoms with Gasteiger partial charge >= 0.3 is 0 Å². The molecule has 9 aromatic rings. The van der Waals surface area contributed by atoms with Crippen molar-refractivity contribution in [1.29, 1.82) is 0 Å². The number of benzene rings is 6. The van der Waals surface area contributed by atoms with Crippen LogP contribution in [0.3, 0.4) is 0 Å². The average molecular weight is 602 g/mol. The van der Waals surface area contributed by atoms with Crippen LogP contribution in [0.15, 0.2) is 164 Å². The molecule has 0 aliphatic carbocycles. The standard InChI is InChI=1S/C42H27N5/c1-4-12-28(13-5-1)33-26-35(40(27-34(33)29-14-6-2-7-15-29)47-45-38-18-10-11-19-39(38)46-47)37-25-23-32-21-20-31-22-24-36(30-16-8-3-9-17-30)43-41(31)42(32)44-37/h1-27H. The van der Waals surface area contributed by atoms with Crippen LogP contribution >= 0.6 is 0 Å². The van der Waals surface area contributed by atoms with E-state index in [4.69, 9.17) is 20.2 Å². The van der Waals surface area contributed by atoms with E-state index in [0.717, 1.165) is 83.3 Å². The molecular weight excluding hydrogens is 574 g/mol. The molecule has 0 saturated carbocycles. The van der Waals surface area contributed by atoms with Crippen LogP contribution in [-0.4, -0.2) is 25.0 Å². The predicted octanol–water partition coefficient (Wildman–Crippen LogP) is 10.2. The van der Waals surface area contributed by atoms with Crippen LogP contribution in [0.1, 0.15) is 0 Å². The van der Waals surface area contributed by atoms with Crippen LogP contribution in [-0.2, 0) is 0 Å². The largest absolute Gasteiger partial charge is 0.245 e. The number of fused-ring (bicyclic) bond motifs is 4. The van der Waals surface area contributed by atoms with E-state index in [0.29, 0.717) is 0 Å². The summed E-state index contributed by atoms with van der Waals surface area (Å²) in [6.45, 7) is 0. The number of pyridine rings is 2. The second-order valence-electron chi connectivity index (χ2n) is 11.6. The van der Waals surface area contributed by atoms with E-state index in [9.17, 15) is 0 Å². The van der Waals surface area contributed by atoms with Gasteiger partial charge in [0, 0.05) is 21.9 Å². The molecule has 0 radical (unpaired) electrons. The lowest BCUT2D eigenvalue weighted by Crippen LogP contribution is -2.04. The molecule has 6 aromatic carbocycles. The molecular formula is C42H27N5. The van der Waals surface area contributed by atoms with Crippen LogP contribution in [0.2, 0.25) is 0 Å². The Hall–Kier alpha value is -6.46. The van der Waals surface area contributed by atoms with Crippen molar-refractivity contribution in [3.63, 3.8) is 0 Å². The maximum Gasteiger partial charge on any atom is 0.113 e. The van der Waals surface area contributed by atoms with Gasteiger partial charge in [0.2, 0.25) is 0 Å². The quantitative estimate of drug-likeness (QED) is 0.184. The molecule has 3 aromatic heterocycles. The molecule has 0 N–H and O–H groups in total. The molecule has 9 rings (SSSR count). The fourth-order valence-corrected chi connectivity index (χ4v) is 6.33. The van der Waals surface area contributed by atoms with Gasteiger partial charge in [-0.3, -0.25) is 0 Å². The zero-order valence-electron chi connectivity index (χ0n) is 25.3. The van der Waals surface area contributed by atoms with Gasteiger partial charge in [-0.1, -0.05) is 127 Å². The SMILES string of the molecule is c1ccc(-c2ccc3ccc4ccc(-c5cc(-c6ccccc6)c(-c6ccccc6)cc5-n5nc6ccccc6n5)nc4c3n2)cc1. The highest BCUT2D eigenvalue weighted by Crippen LogP contribution is 2.40. The van der Waals surface area contributed by atoms with Gasteiger partial charge in [0.05, 0.1) is 28.1 Å². The molecule has 0 saturated heterocycles. The average Bonchev–Trinajstić information content (AvgIpc) is 3.59. The Kier molecular flexibility index (Phi) is 6.39. The molecule has 0 unspecified atom stereocenters. The topological polar surface area (TPSA) is 56.5 Å². The van der Waals surface area contributed by atoms with Crippen molar-refractivity contribution in [3.8, 4) is 50.5 Å². The minimum Gasteiger partial charge on any atom is -0.245 e. The third-order valence-electron chi connectivity index (χ3n) is 8.67. The predicted molar refractivity (Wildman–Crippen MR) is 191 cm³/mol. The van der Waals surface area contributed by atoms with E-state index in [1.54, 1.807) is 4.80 Å². The van der Waals surface area contributed by atoms with Crippen LogP contribution in [0.4, 0.5) is 0 Å². The Labute approximate surface area is 271 Å². The fourth-order valence-electron chi connectivity index (χ4n) is 6.33. The summed E-state index contributed by atoms with van der Waals surface area (Å²) in [6, 6.07) is 56.4. The summed E-state index contributed by atoms with van der Waals surface area (Å²) in [5.41, 5.74) is 12.4.